The van der Waals surface area contributed by atoms with Crippen LogP contribution in [0.5, 0.6) is 0 Å². The van der Waals surface area contributed by atoms with Crippen LogP contribution in [0, 0.1) is 5.92 Å². The molecular weight excluding hydrogens is 208 g/mol. The largest absolute Gasteiger partial charge is 0.330 e. The summed E-state index contributed by atoms with van der Waals surface area (Å²) in [5, 5.41) is 0. The normalized spacial score (nSPS) is 15.9. The van der Waals surface area contributed by atoms with Crippen molar-refractivity contribution < 1.29 is 4.79 Å². The lowest BCUT2D eigenvalue weighted by Gasteiger charge is -2.23. The van der Waals surface area contributed by atoms with Crippen molar-refractivity contribution in [3.8, 4) is 0 Å². The number of ketones is 1. The first kappa shape index (κ1) is 10.9. The monoisotopic (exact) mass is 222 g/mol. The van der Waals surface area contributed by atoms with Crippen LogP contribution in [-0.2, 0) is 14.1 Å². The number of carbonyl (C=O) groups is 1. The standard InChI is InChI=1S/C11H14N2O3/c1-12-6-8(9(14)7-4-3-5-7)10(15)13(2)11(12)16/h6-7H,3-5H2,1-2H3. The van der Waals surface area contributed by atoms with Crippen LogP contribution in [0.1, 0.15) is 29.6 Å². The molecule has 0 aliphatic heterocycles. The third-order valence-electron chi connectivity index (χ3n) is 3.19. The van der Waals surface area contributed by atoms with Crippen molar-refractivity contribution in [3.63, 3.8) is 0 Å². The molecule has 1 aromatic heterocycles. The maximum atomic E-state index is 11.9. The van der Waals surface area contributed by atoms with E-state index in [9.17, 15) is 14.4 Å². The van der Waals surface area contributed by atoms with Crippen molar-refractivity contribution in [3.05, 3.63) is 32.6 Å². The Bertz CT molecular complexity index is 549. The fourth-order valence-corrected chi connectivity index (χ4v) is 1.87. The highest BCUT2D eigenvalue weighted by Gasteiger charge is 2.28. The van der Waals surface area contributed by atoms with E-state index in [0.29, 0.717) is 0 Å². The number of Topliss-reactive ketones (excluding diaryl/α,β-unsaturated/α-hetero) is 1. The van der Waals surface area contributed by atoms with Gasteiger partial charge in [0.2, 0.25) is 0 Å². The third-order valence-corrected chi connectivity index (χ3v) is 3.19. The van der Waals surface area contributed by atoms with Crippen LogP contribution < -0.4 is 11.2 Å². The van der Waals surface area contributed by atoms with E-state index in [1.807, 2.05) is 0 Å². The second kappa shape index (κ2) is 3.73. The number of carbonyl (C=O) groups excluding carboxylic acids is 1. The lowest BCUT2D eigenvalue weighted by atomic mass is 9.80. The molecule has 0 N–H and O–H groups in total. The molecule has 1 heterocycles. The van der Waals surface area contributed by atoms with Gasteiger partial charge in [0, 0.05) is 26.2 Å². The van der Waals surface area contributed by atoms with Gasteiger partial charge in [-0.25, -0.2) is 4.79 Å². The van der Waals surface area contributed by atoms with E-state index in [4.69, 9.17) is 0 Å². The SMILES string of the molecule is Cn1cc(C(=O)C2CCC2)c(=O)n(C)c1=O. The van der Waals surface area contributed by atoms with E-state index < -0.39 is 11.2 Å². The highest BCUT2D eigenvalue weighted by Crippen LogP contribution is 2.28. The number of hydrogen-bond donors (Lipinski definition) is 0. The number of rotatable bonds is 2. The minimum Gasteiger partial charge on any atom is -0.303 e. The fourth-order valence-electron chi connectivity index (χ4n) is 1.87. The van der Waals surface area contributed by atoms with Gasteiger partial charge in [0.25, 0.3) is 5.56 Å². The molecule has 1 saturated carbocycles. The Kier molecular flexibility index (Phi) is 2.53. The van der Waals surface area contributed by atoms with Crippen LogP contribution in [-0.4, -0.2) is 14.9 Å². The van der Waals surface area contributed by atoms with Gasteiger partial charge >= 0.3 is 5.69 Å². The Balaban J connectivity index is 2.53. The van der Waals surface area contributed by atoms with Gasteiger partial charge in [-0.15, -0.1) is 0 Å². The maximum Gasteiger partial charge on any atom is 0.330 e. The molecule has 0 radical (unpaired) electrons. The van der Waals surface area contributed by atoms with Crippen molar-refractivity contribution in [2.45, 2.75) is 19.3 Å². The summed E-state index contributed by atoms with van der Waals surface area (Å²) in [5.41, 5.74) is -0.760. The summed E-state index contributed by atoms with van der Waals surface area (Å²) in [6.07, 6.45) is 4.10. The minimum absolute atomic E-state index is 0.0230. The molecule has 2 rings (SSSR count). The summed E-state index contributed by atoms with van der Waals surface area (Å²) in [6, 6.07) is 0. The van der Waals surface area contributed by atoms with Crippen LogP contribution in [0.2, 0.25) is 0 Å². The van der Waals surface area contributed by atoms with Crippen molar-refractivity contribution in [1.29, 1.82) is 0 Å². The summed E-state index contributed by atoms with van der Waals surface area (Å²) < 4.78 is 2.25. The lowest BCUT2D eigenvalue weighted by Crippen LogP contribution is -2.41. The molecule has 0 atom stereocenters. The molecule has 0 saturated heterocycles. The summed E-state index contributed by atoms with van der Waals surface area (Å²) >= 11 is 0. The van der Waals surface area contributed by atoms with Gasteiger partial charge < -0.3 is 4.57 Å². The molecule has 86 valence electrons. The van der Waals surface area contributed by atoms with Gasteiger partial charge in [-0.1, -0.05) is 6.42 Å². The minimum atomic E-state index is -0.486. The van der Waals surface area contributed by atoms with Crippen molar-refractivity contribution >= 4 is 5.78 Å². The molecule has 16 heavy (non-hydrogen) atoms. The Hall–Kier alpha value is -1.65. The second-order valence-corrected chi connectivity index (χ2v) is 4.29. The van der Waals surface area contributed by atoms with E-state index in [-0.39, 0.29) is 17.3 Å². The fraction of sp³-hybridized carbons (Fsp3) is 0.545. The van der Waals surface area contributed by atoms with Crippen molar-refractivity contribution in [2.75, 3.05) is 0 Å². The summed E-state index contributed by atoms with van der Waals surface area (Å²) in [4.78, 5) is 35.1. The van der Waals surface area contributed by atoms with Gasteiger partial charge in [0.05, 0.1) is 5.56 Å². The van der Waals surface area contributed by atoms with Gasteiger partial charge in [-0.2, -0.15) is 0 Å². The van der Waals surface area contributed by atoms with E-state index in [1.165, 1.54) is 17.8 Å². The molecule has 5 nitrogen and oxygen atoms in total. The van der Waals surface area contributed by atoms with Gasteiger partial charge in [0.1, 0.15) is 0 Å². The average molecular weight is 222 g/mol. The number of nitrogens with zero attached hydrogens (tertiary/aromatic N) is 2. The molecule has 1 fully saturated rings. The Labute approximate surface area is 92.3 Å². The molecule has 0 amide bonds. The molecule has 5 heteroatoms. The molecule has 1 aromatic rings. The zero-order chi connectivity index (χ0) is 11.9. The number of aryl methyl sites for hydroxylation is 1. The van der Waals surface area contributed by atoms with E-state index in [2.05, 4.69) is 0 Å². The quantitative estimate of drug-likeness (QED) is 0.665. The highest BCUT2D eigenvalue weighted by molar-refractivity contribution is 5.97. The van der Waals surface area contributed by atoms with Gasteiger partial charge in [-0.3, -0.25) is 14.2 Å². The Morgan fingerprint density at radius 2 is 1.94 bits per heavy atom. The highest BCUT2D eigenvalue weighted by atomic mass is 16.2. The van der Waals surface area contributed by atoms with Gasteiger partial charge in [0.15, 0.2) is 5.78 Å². The first-order valence-electron chi connectivity index (χ1n) is 5.33. The van der Waals surface area contributed by atoms with Crippen molar-refractivity contribution in [2.24, 2.45) is 20.0 Å². The number of hydrogen-bond acceptors (Lipinski definition) is 3. The van der Waals surface area contributed by atoms with Crippen LogP contribution in [0.4, 0.5) is 0 Å². The summed E-state index contributed by atoms with van der Waals surface area (Å²) in [6.45, 7) is 0. The Morgan fingerprint density at radius 1 is 1.31 bits per heavy atom. The van der Waals surface area contributed by atoms with E-state index >= 15 is 0 Å². The Morgan fingerprint density at radius 3 is 2.44 bits per heavy atom. The zero-order valence-electron chi connectivity index (χ0n) is 9.40. The van der Waals surface area contributed by atoms with Crippen LogP contribution in [0.3, 0.4) is 0 Å². The first-order chi connectivity index (χ1) is 7.52. The topological polar surface area (TPSA) is 61.1 Å². The van der Waals surface area contributed by atoms with Crippen LogP contribution >= 0.6 is 0 Å². The molecule has 0 spiro atoms. The van der Waals surface area contributed by atoms with E-state index in [1.54, 1.807) is 7.05 Å². The average Bonchev–Trinajstić information content (AvgIpc) is 2.17. The first-order valence-corrected chi connectivity index (χ1v) is 5.33. The summed E-state index contributed by atoms with van der Waals surface area (Å²) in [5.74, 6) is -0.146. The van der Waals surface area contributed by atoms with Gasteiger partial charge in [-0.05, 0) is 12.8 Å². The lowest BCUT2D eigenvalue weighted by molar-refractivity contribution is 0.0852. The molecule has 1 aliphatic rings. The van der Waals surface area contributed by atoms with Crippen LogP contribution in [0.15, 0.2) is 15.8 Å². The number of aromatic nitrogens is 2. The molecule has 0 unspecified atom stereocenters. The van der Waals surface area contributed by atoms with Crippen molar-refractivity contribution in [1.82, 2.24) is 9.13 Å². The molecule has 0 aromatic carbocycles. The molecular formula is C11H14N2O3. The summed E-state index contributed by atoms with van der Waals surface area (Å²) in [7, 11) is 2.93. The predicted molar refractivity (Wildman–Crippen MR) is 58.6 cm³/mol. The maximum absolute atomic E-state index is 11.9. The third kappa shape index (κ3) is 1.52. The molecule has 0 bridgehead atoms. The second-order valence-electron chi connectivity index (χ2n) is 4.29. The molecule has 1 aliphatic carbocycles. The smallest absolute Gasteiger partial charge is 0.303 e. The van der Waals surface area contributed by atoms with Crippen LogP contribution in [0.25, 0.3) is 0 Å². The predicted octanol–water partition coefficient (Wildman–Crippen LogP) is 0.0668. The van der Waals surface area contributed by atoms with E-state index in [0.717, 1.165) is 23.8 Å². The zero-order valence-corrected chi connectivity index (χ0v) is 9.40.